The summed E-state index contributed by atoms with van der Waals surface area (Å²) < 4.78 is 11.3. The molecule has 158 valence electrons. The molecule has 0 heterocycles. The minimum atomic E-state index is -1.98. The second-order valence-corrected chi connectivity index (χ2v) is 10.6. The standard InChI is InChI=1S/C27H26O2P.ClH/c1-28-23-18-19-27(29-2)22(20-23)21-30(24-12-6-3-7-13-24,25-14-8-4-9-15-25)26-16-10-5-11-17-26;/h3-20H,21H2,1-2H3;1H/q+1;. The van der Waals surface area contributed by atoms with Crippen molar-refractivity contribution < 1.29 is 9.47 Å². The zero-order valence-electron chi connectivity index (χ0n) is 17.8. The lowest BCUT2D eigenvalue weighted by atomic mass is 10.2. The minimum absolute atomic E-state index is 0. The molecule has 0 saturated heterocycles. The fourth-order valence-corrected chi connectivity index (χ4v) is 8.27. The second-order valence-electron chi connectivity index (χ2n) is 7.15. The molecule has 0 radical (unpaired) electrons. The predicted molar refractivity (Wildman–Crippen MR) is 136 cm³/mol. The van der Waals surface area contributed by atoms with Crippen LogP contribution in [0.3, 0.4) is 0 Å². The van der Waals surface area contributed by atoms with E-state index in [1.807, 2.05) is 12.1 Å². The Labute approximate surface area is 191 Å². The Balaban J connectivity index is 0.00000272. The van der Waals surface area contributed by atoms with Crippen LogP contribution in [-0.4, -0.2) is 14.2 Å². The molecular weight excluding hydrogens is 423 g/mol. The monoisotopic (exact) mass is 449 g/mol. The van der Waals surface area contributed by atoms with Crippen molar-refractivity contribution in [1.29, 1.82) is 0 Å². The summed E-state index contributed by atoms with van der Waals surface area (Å²) in [6.07, 6.45) is 0.853. The number of methoxy groups -OCH3 is 2. The molecule has 4 aromatic rings. The van der Waals surface area contributed by atoms with E-state index >= 15 is 0 Å². The molecule has 0 aliphatic rings. The van der Waals surface area contributed by atoms with Crippen molar-refractivity contribution in [3.63, 3.8) is 0 Å². The number of halogens is 1. The van der Waals surface area contributed by atoms with Gasteiger partial charge < -0.3 is 9.47 Å². The van der Waals surface area contributed by atoms with Gasteiger partial charge >= 0.3 is 0 Å². The van der Waals surface area contributed by atoms with Crippen LogP contribution in [0.1, 0.15) is 5.56 Å². The van der Waals surface area contributed by atoms with E-state index in [-0.39, 0.29) is 12.4 Å². The molecule has 0 aliphatic heterocycles. The normalized spacial score (nSPS) is 10.8. The highest BCUT2D eigenvalue weighted by molar-refractivity contribution is 7.95. The molecule has 0 aliphatic carbocycles. The molecule has 4 rings (SSSR count). The molecule has 0 saturated carbocycles. The molecule has 31 heavy (non-hydrogen) atoms. The largest absolute Gasteiger partial charge is 0.497 e. The maximum absolute atomic E-state index is 5.76. The van der Waals surface area contributed by atoms with E-state index in [0.29, 0.717) is 0 Å². The van der Waals surface area contributed by atoms with Gasteiger partial charge in [-0.2, -0.15) is 0 Å². The highest BCUT2D eigenvalue weighted by atomic mass is 35.5. The Bertz CT molecular complexity index is 989. The summed E-state index contributed by atoms with van der Waals surface area (Å²) >= 11 is 0. The van der Waals surface area contributed by atoms with Crippen LogP contribution < -0.4 is 25.4 Å². The average molecular weight is 450 g/mol. The Morgan fingerprint density at radius 2 is 1.03 bits per heavy atom. The van der Waals surface area contributed by atoms with Gasteiger partial charge in [0.2, 0.25) is 0 Å². The lowest BCUT2D eigenvalue weighted by molar-refractivity contribution is 0.400. The van der Waals surface area contributed by atoms with Crippen molar-refractivity contribution in [1.82, 2.24) is 0 Å². The van der Waals surface area contributed by atoms with Crippen LogP contribution in [0.25, 0.3) is 0 Å². The summed E-state index contributed by atoms with van der Waals surface area (Å²) in [6.45, 7) is 0. The van der Waals surface area contributed by atoms with E-state index in [9.17, 15) is 0 Å². The van der Waals surface area contributed by atoms with Gasteiger partial charge in [0.05, 0.1) is 14.2 Å². The summed E-state index contributed by atoms with van der Waals surface area (Å²) in [7, 11) is 1.46. The minimum Gasteiger partial charge on any atom is -0.497 e. The number of rotatable bonds is 7. The van der Waals surface area contributed by atoms with Crippen LogP contribution in [0.5, 0.6) is 11.5 Å². The van der Waals surface area contributed by atoms with Gasteiger partial charge in [0.15, 0.2) is 0 Å². The molecule has 0 spiro atoms. The third kappa shape index (κ3) is 4.61. The van der Waals surface area contributed by atoms with E-state index in [1.165, 1.54) is 15.9 Å². The molecule has 0 atom stereocenters. The van der Waals surface area contributed by atoms with Crippen molar-refractivity contribution >= 4 is 35.6 Å². The lowest BCUT2D eigenvalue weighted by Crippen LogP contribution is -2.32. The van der Waals surface area contributed by atoms with E-state index in [0.717, 1.165) is 23.2 Å². The first-order valence-electron chi connectivity index (χ1n) is 10.0. The van der Waals surface area contributed by atoms with Gasteiger partial charge in [-0.3, -0.25) is 0 Å². The molecule has 4 heteroatoms. The highest BCUT2D eigenvalue weighted by Gasteiger charge is 2.46. The average Bonchev–Trinajstić information content (AvgIpc) is 2.84. The number of benzene rings is 4. The Hall–Kier alpha value is -2.80. The molecule has 0 aromatic heterocycles. The summed E-state index contributed by atoms with van der Waals surface area (Å²) in [4.78, 5) is 0. The van der Waals surface area contributed by atoms with Gasteiger partial charge in [0.25, 0.3) is 0 Å². The SMILES string of the molecule is COc1ccc(OC)c(C[P+](c2ccccc2)(c2ccccc2)c2ccccc2)c1.Cl. The van der Waals surface area contributed by atoms with Crippen LogP contribution in [-0.2, 0) is 6.16 Å². The van der Waals surface area contributed by atoms with Gasteiger partial charge in [0, 0.05) is 5.56 Å². The molecule has 0 N–H and O–H groups in total. The smallest absolute Gasteiger partial charge is 0.126 e. The third-order valence-corrected chi connectivity index (χ3v) is 9.84. The van der Waals surface area contributed by atoms with Crippen molar-refractivity contribution in [2.24, 2.45) is 0 Å². The van der Waals surface area contributed by atoms with Crippen molar-refractivity contribution in [3.05, 3.63) is 115 Å². The van der Waals surface area contributed by atoms with Gasteiger partial charge in [-0.15, -0.1) is 12.4 Å². The third-order valence-electron chi connectivity index (χ3n) is 5.49. The first kappa shape index (κ1) is 22.9. The molecule has 0 unspecified atom stereocenters. The summed E-state index contributed by atoms with van der Waals surface area (Å²) in [5, 5.41) is 4.06. The van der Waals surface area contributed by atoms with Crippen molar-refractivity contribution in [2.75, 3.05) is 14.2 Å². The fourth-order valence-electron chi connectivity index (χ4n) is 4.03. The number of hydrogen-bond donors (Lipinski definition) is 0. The molecule has 0 fully saturated rings. The van der Waals surface area contributed by atoms with E-state index in [1.54, 1.807) is 14.2 Å². The summed E-state index contributed by atoms with van der Waals surface area (Å²) in [5.74, 6) is 1.74. The first-order chi connectivity index (χ1) is 14.8. The van der Waals surface area contributed by atoms with Crippen LogP contribution in [0, 0.1) is 0 Å². The molecule has 0 amide bonds. The fraction of sp³-hybridized carbons (Fsp3) is 0.111. The highest BCUT2D eigenvalue weighted by Crippen LogP contribution is 2.59. The zero-order valence-corrected chi connectivity index (χ0v) is 19.5. The zero-order chi connectivity index (χ0) is 20.8. The van der Waals surface area contributed by atoms with Crippen molar-refractivity contribution in [3.8, 4) is 11.5 Å². The Morgan fingerprint density at radius 1 is 0.581 bits per heavy atom. The van der Waals surface area contributed by atoms with Crippen LogP contribution in [0.4, 0.5) is 0 Å². The molecule has 2 nitrogen and oxygen atoms in total. The van der Waals surface area contributed by atoms with Gasteiger partial charge in [-0.1, -0.05) is 54.6 Å². The first-order valence-corrected chi connectivity index (χ1v) is 12.0. The van der Waals surface area contributed by atoms with Gasteiger partial charge in [-0.25, -0.2) is 0 Å². The van der Waals surface area contributed by atoms with Crippen LogP contribution >= 0.6 is 19.7 Å². The van der Waals surface area contributed by atoms with E-state index < -0.39 is 7.26 Å². The van der Waals surface area contributed by atoms with Crippen LogP contribution in [0.15, 0.2) is 109 Å². The van der Waals surface area contributed by atoms with Crippen molar-refractivity contribution in [2.45, 2.75) is 6.16 Å². The van der Waals surface area contributed by atoms with E-state index in [2.05, 4.69) is 97.1 Å². The topological polar surface area (TPSA) is 18.5 Å². The maximum atomic E-state index is 5.76. The number of hydrogen-bond acceptors (Lipinski definition) is 2. The van der Waals surface area contributed by atoms with Gasteiger partial charge in [-0.05, 0) is 54.6 Å². The number of ether oxygens (including phenoxy) is 2. The molecule has 0 bridgehead atoms. The summed E-state index contributed by atoms with van der Waals surface area (Å²) in [5.41, 5.74) is 1.15. The second kappa shape index (κ2) is 10.5. The van der Waals surface area contributed by atoms with Crippen LogP contribution in [0.2, 0.25) is 0 Å². The van der Waals surface area contributed by atoms with E-state index in [4.69, 9.17) is 9.47 Å². The predicted octanol–water partition coefficient (Wildman–Crippen LogP) is 5.62. The quantitative estimate of drug-likeness (QED) is 0.341. The Kier molecular flexibility index (Phi) is 7.74. The molecular formula is C27H27ClO2P+. The lowest BCUT2D eigenvalue weighted by Gasteiger charge is -2.28. The van der Waals surface area contributed by atoms with Gasteiger partial charge in [0.1, 0.15) is 40.8 Å². The maximum Gasteiger partial charge on any atom is 0.126 e. The Morgan fingerprint density at radius 3 is 1.42 bits per heavy atom. The summed E-state index contributed by atoms with van der Waals surface area (Å²) in [6, 6.07) is 38.7. The molecule has 4 aromatic carbocycles.